The highest BCUT2D eigenvalue weighted by Crippen LogP contribution is 2.31. The number of hydrogen-bond donors (Lipinski definition) is 0. The van der Waals surface area contributed by atoms with E-state index < -0.39 is 0 Å². The first-order valence-electron chi connectivity index (χ1n) is 6.96. The second-order valence-electron chi connectivity index (χ2n) is 5.31. The number of halogens is 2. The van der Waals surface area contributed by atoms with E-state index in [1.54, 1.807) is 0 Å². The molecule has 0 saturated carbocycles. The largest absolute Gasteiger partial charge is 0.227 e. The van der Waals surface area contributed by atoms with Crippen molar-refractivity contribution in [1.29, 1.82) is 0 Å². The molecule has 3 aromatic rings. The van der Waals surface area contributed by atoms with Gasteiger partial charge in [-0.05, 0) is 64.5 Å². The van der Waals surface area contributed by atoms with Gasteiger partial charge in [0.25, 0.3) is 0 Å². The van der Waals surface area contributed by atoms with Crippen molar-refractivity contribution in [2.24, 2.45) is 0 Å². The highest BCUT2D eigenvalue weighted by atomic mass is 79.9. The first-order chi connectivity index (χ1) is 10.2. The molecule has 0 fully saturated rings. The normalized spacial score (nSPS) is 13.6. The maximum atomic E-state index is 6.33. The molecule has 0 bridgehead atoms. The van der Waals surface area contributed by atoms with Gasteiger partial charge in [-0.25, -0.2) is 9.97 Å². The Balaban J connectivity index is 1.92. The predicted octanol–water partition coefficient (Wildman–Crippen LogP) is 5.20. The molecule has 1 aromatic heterocycles. The summed E-state index contributed by atoms with van der Waals surface area (Å²) in [4.78, 5) is 9.16. The molecule has 0 atom stereocenters. The van der Waals surface area contributed by atoms with Crippen LogP contribution in [0.15, 0.2) is 40.9 Å². The summed E-state index contributed by atoms with van der Waals surface area (Å²) in [7, 11) is 0. The Morgan fingerprint density at radius 2 is 1.86 bits per heavy atom. The molecule has 1 aliphatic rings. The lowest BCUT2D eigenvalue weighted by Gasteiger charge is -2.07. The topological polar surface area (TPSA) is 25.8 Å². The van der Waals surface area contributed by atoms with Crippen molar-refractivity contribution in [2.45, 2.75) is 19.3 Å². The number of para-hydroxylation sites is 1. The predicted molar refractivity (Wildman–Crippen MR) is 89.7 cm³/mol. The van der Waals surface area contributed by atoms with E-state index in [-0.39, 0.29) is 0 Å². The number of fused-ring (bicyclic) bond motifs is 2. The zero-order valence-electron chi connectivity index (χ0n) is 11.2. The number of rotatable bonds is 1. The Hall–Kier alpha value is -1.45. The number of aromatic nitrogens is 2. The van der Waals surface area contributed by atoms with Crippen molar-refractivity contribution >= 4 is 38.4 Å². The van der Waals surface area contributed by atoms with Crippen LogP contribution >= 0.6 is 27.5 Å². The number of nitrogens with zero attached hydrogens (tertiary/aromatic N) is 2. The maximum absolute atomic E-state index is 6.33. The molecular weight excluding hydrogens is 348 g/mol. The Kier molecular flexibility index (Phi) is 3.20. The molecule has 2 nitrogen and oxygen atoms in total. The van der Waals surface area contributed by atoms with E-state index in [0.29, 0.717) is 11.0 Å². The Labute approximate surface area is 136 Å². The summed E-state index contributed by atoms with van der Waals surface area (Å²) in [5, 5.41) is 1.37. The van der Waals surface area contributed by atoms with Gasteiger partial charge >= 0.3 is 0 Å². The van der Waals surface area contributed by atoms with Crippen molar-refractivity contribution in [2.75, 3.05) is 0 Å². The van der Waals surface area contributed by atoms with Crippen LogP contribution in [0, 0.1) is 0 Å². The second-order valence-corrected chi connectivity index (χ2v) is 6.52. The fourth-order valence-corrected chi connectivity index (χ4v) is 3.61. The third kappa shape index (κ3) is 2.25. The SMILES string of the molecule is Clc1nc(-c2ccc3c(c2)CCC3)nc2c(Br)cccc12. The molecule has 4 rings (SSSR count). The van der Waals surface area contributed by atoms with Gasteiger partial charge in [0.1, 0.15) is 5.15 Å². The van der Waals surface area contributed by atoms with Gasteiger partial charge < -0.3 is 0 Å². The Morgan fingerprint density at radius 3 is 2.76 bits per heavy atom. The molecule has 2 aromatic carbocycles. The van der Waals surface area contributed by atoms with Crippen LogP contribution in [0.1, 0.15) is 17.5 Å². The van der Waals surface area contributed by atoms with Gasteiger partial charge in [0.05, 0.1) is 5.52 Å². The van der Waals surface area contributed by atoms with Crippen LogP contribution in [-0.4, -0.2) is 9.97 Å². The summed E-state index contributed by atoms with van der Waals surface area (Å²) in [6.07, 6.45) is 3.57. The van der Waals surface area contributed by atoms with Crippen molar-refractivity contribution in [1.82, 2.24) is 9.97 Å². The van der Waals surface area contributed by atoms with Crippen molar-refractivity contribution < 1.29 is 0 Å². The minimum atomic E-state index is 0.497. The number of aryl methyl sites for hydroxylation is 2. The fourth-order valence-electron chi connectivity index (χ4n) is 2.92. The van der Waals surface area contributed by atoms with E-state index >= 15 is 0 Å². The van der Waals surface area contributed by atoms with Gasteiger partial charge in [-0.2, -0.15) is 0 Å². The minimum absolute atomic E-state index is 0.497. The molecule has 0 amide bonds. The van der Waals surface area contributed by atoms with Crippen molar-refractivity contribution in [3.05, 3.63) is 57.2 Å². The van der Waals surface area contributed by atoms with Gasteiger partial charge in [-0.15, -0.1) is 0 Å². The quantitative estimate of drug-likeness (QED) is 0.558. The first kappa shape index (κ1) is 13.2. The van der Waals surface area contributed by atoms with Gasteiger partial charge in [-0.1, -0.05) is 29.8 Å². The van der Waals surface area contributed by atoms with Crippen LogP contribution in [0.25, 0.3) is 22.3 Å². The monoisotopic (exact) mass is 358 g/mol. The summed E-state index contributed by atoms with van der Waals surface area (Å²) in [6, 6.07) is 12.3. The highest BCUT2D eigenvalue weighted by Gasteiger charge is 2.14. The van der Waals surface area contributed by atoms with E-state index in [0.717, 1.165) is 27.4 Å². The standard InChI is InChI=1S/C17H12BrClN2/c18-14-6-2-5-13-15(14)20-17(21-16(13)19)12-8-7-10-3-1-4-11(10)9-12/h2,5-9H,1,3-4H2. The van der Waals surface area contributed by atoms with Crippen LogP contribution in [0.4, 0.5) is 0 Å². The summed E-state index contributed by atoms with van der Waals surface area (Å²) in [6.45, 7) is 0. The van der Waals surface area contributed by atoms with E-state index in [4.69, 9.17) is 11.6 Å². The van der Waals surface area contributed by atoms with E-state index in [1.807, 2.05) is 18.2 Å². The third-order valence-electron chi connectivity index (χ3n) is 3.99. The Morgan fingerprint density at radius 1 is 1.00 bits per heavy atom. The summed E-state index contributed by atoms with van der Waals surface area (Å²) < 4.78 is 0.937. The highest BCUT2D eigenvalue weighted by molar-refractivity contribution is 9.10. The van der Waals surface area contributed by atoms with E-state index in [1.165, 1.54) is 24.0 Å². The number of benzene rings is 2. The molecule has 0 spiro atoms. The lowest BCUT2D eigenvalue weighted by atomic mass is 10.1. The molecule has 0 unspecified atom stereocenters. The van der Waals surface area contributed by atoms with Crippen molar-refractivity contribution in [3.8, 4) is 11.4 Å². The molecule has 0 aliphatic heterocycles. The van der Waals surface area contributed by atoms with Crippen LogP contribution in [0.3, 0.4) is 0 Å². The average Bonchev–Trinajstić information content (AvgIpc) is 2.95. The lowest BCUT2D eigenvalue weighted by molar-refractivity contribution is 0.912. The molecular formula is C17H12BrClN2. The van der Waals surface area contributed by atoms with Crippen LogP contribution in [-0.2, 0) is 12.8 Å². The molecule has 0 radical (unpaired) electrons. The van der Waals surface area contributed by atoms with Gasteiger partial charge in [-0.3, -0.25) is 0 Å². The molecule has 1 aliphatic carbocycles. The molecule has 4 heteroatoms. The Bertz CT molecular complexity index is 861. The zero-order chi connectivity index (χ0) is 14.4. The maximum Gasteiger partial charge on any atom is 0.161 e. The fraction of sp³-hybridized carbons (Fsp3) is 0.176. The summed E-state index contributed by atoms with van der Waals surface area (Å²) >= 11 is 9.87. The summed E-state index contributed by atoms with van der Waals surface area (Å²) in [5.41, 5.74) is 4.76. The van der Waals surface area contributed by atoms with Gasteiger partial charge in [0.2, 0.25) is 0 Å². The van der Waals surface area contributed by atoms with Gasteiger partial charge in [0.15, 0.2) is 5.82 Å². The van der Waals surface area contributed by atoms with Crippen molar-refractivity contribution in [3.63, 3.8) is 0 Å². The van der Waals surface area contributed by atoms with Gasteiger partial charge in [0, 0.05) is 15.4 Å². The van der Waals surface area contributed by atoms with E-state index in [9.17, 15) is 0 Å². The molecule has 104 valence electrons. The zero-order valence-corrected chi connectivity index (χ0v) is 13.6. The first-order valence-corrected chi connectivity index (χ1v) is 8.13. The van der Waals surface area contributed by atoms with Crippen LogP contribution < -0.4 is 0 Å². The second kappa shape index (κ2) is 5.08. The van der Waals surface area contributed by atoms with Crippen LogP contribution in [0.5, 0.6) is 0 Å². The summed E-state index contributed by atoms with van der Waals surface area (Å²) in [5.74, 6) is 0.689. The number of hydrogen-bond acceptors (Lipinski definition) is 2. The van der Waals surface area contributed by atoms with Crippen LogP contribution in [0.2, 0.25) is 5.15 Å². The molecule has 0 N–H and O–H groups in total. The molecule has 1 heterocycles. The molecule has 0 saturated heterocycles. The smallest absolute Gasteiger partial charge is 0.161 e. The third-order valence-corrected chi connectivity index (χ3v) is 4.92. The van der Waals surface area contributed by atoms with E-state index in [2.05, 4.69) is 44.1 Å². The minimum Gasteiger partial charge on any atom is -0.227 e. The average molecular weight is 360 g/mol. The lowest BCUT2D eigenvalue weighted by Crippen LogP contribution is -1.94. The molecule has 21 heavy (non-hydrogen) atoms.